The Morgan fingerprint density at radius 3 is 2.06 bits per heavy atom. The highest BCUT2D eigenvalue weighted by Crippen LogP contribution is 2.42. The Balaban J connectivity index is 1.57. The fourth-order valence-electron chi connectivity index (χ4n) is 4.97. The molecule has 0 heterocycles. The van der Waals surface area contributed by atoms with Gasteiger partial charge in [0.2, 0.25) is 0 Å². The molecule has 0 N–H and O–H groups in total. The van der Waals surface area contributed by atoms with Crippen LogP contribution in [0.25, 0.3) is 0 Å². The quantitative estimate of drug-likeness (QED) is 0.207. The molecular formula is C30H41NOS2. The van der Waals surface area contributed by atoms with E-state index in [1.165, 1.54) is 80.9 Å². The number of nitrogens with zero attached hydrogens (tertiary/aromatic N) is 1. The van der Waals surface area contributed by atoms with Crippen LogP contribution in [0.5, 0.6) is 5.75 Å². The molecule has 0 amide bonds. The van der Waals surface area contributed by atoms with E-state index in [1.54, 1.807) is 0 Å². The summed E-state index contributed by atoms with van der Waals surface area (Å²) >= 11 is 4.44. The molecule has 184 valence electrons. The first-order chi connectivity index (χ1) is 16.5. The van der Waals surface area contributed by atoms with Gasteiger partial charge in [-0.25, -0.2) is 4.99 Å². The third-order valence-electron chi connectivity index (χ3n) is 7.10. The third kappa shape index (κ3) is 8.09. The minimum atomic E-state index is 0.501. The molecule has 0 unspecified atom stereocenters. The van der Waals surface area contributed by atoms with Crippen molar-refractivity contribution in [3.63, 3.8) is 0 Å². The van der Waals surface area contributed by atoms with Crippen molar-refractivity contribution < 1.29 is 4.74 Å². The van der Waals surface area contributed by atoms with E-state index in [1.807, 2.05) is 0 Å². The lowest BCUT2D eigenvalue weighted by Crippen LogP contribution is -2.21. The Hall–Kier alpha value is -1.39. The van der Waals surface area contributed by atoms with E-state index >= 15 is 0 Å². The minimum Gasteiger partial charge on any atom is -0.443 e. The van der Waals surface area contributed by atoms with Crippen LogP contribution >= 0.6 is 23.5 Å². The van der Waals surface area contributed by atoms with Gasteiger partial charge in [0.05, 0.1) is 10.3 Å². The fourth-order valence-corrected chi connectivity index (χ4v) is 8.71. The number of rotatable bonds is 8. The van der Waals surface area contributed by atoms with E-state index < -0.39 is 0 Å². The van der Waals surface area contributed by atoms with Crippen molar-refractivity contribution in [2.75, 3.05) is 0 Å². The SMILES string of the molecule is Cc1cccc(O/C(CC(SC2CCCCC2)SC2CCCCC2)=N\c2ccc(C)c(C)c2)c1. The average molecular weight is 496 g/mol. The number of benzene rings is 2. The minimum absolute atomic E-state index is 0.501. The third-order valence-corrected chi connectivity index (χ3v) is 10.4. The highest BCUT2D eigenvalue weighted by molar-refractivity contribution is 8.17. The van der Waals surface area contributed by atoms with Gasteiger partial charge in [-0.3, -0.25) is 0 Å². The lowest BCUT2D eigenvalue weighted by atomic mass is 10.0. The van der Waals surface area contributed by atoms with Crippen molar-refractivity contribution in [2.24, 2.45) is 4.99 Å². The predicted octanol–water partition coefficient (Wildman–Crippen LogP) is 9.57. The molecule has 2 nitrogen and oxygen atoms in total. The Morgan fingerprint density at radius 2 is 1.47 bits per heavy atom. The maximum atomic E-state index is 6.50. The number of hydrogen-bond acceptors (Lipinski definition) is 4. The second-order valence-electron chi connectivity index (χ2n) is 10.1. The average Bonchev–Trinajstić information content (AvgIpc) is 2.83. The van der Waals surface area contributed by atoms with Gasteiger partial charge in [0.15, 0.2) is 5.90 Å². The molecule has 0 aliphatic heterocycles. The molecule has 4 rings (SSSR count). The van der Waals surface area contributed by atoms with Gasteiger partial charge in [-0.2, -0.15) is 0 Å². The summed E-state index contributed by atoms with van der Waals surface area (Å²) in [5, 5.41) is 1.58. The summed E-state index contributed by atoms with van der Waals surface area (Å²) in [5.74, 6) is 1.75. The zero-order valence-electron chi connectivity index (χ0n) is 21.2. The Morgan fingerprint density at radius 1 is 0.824 bits per heavy atom. The molecule has 2 saturated carbocycles. The van der Waals surface area contributed by atoms with E-state index in [9.17, 15) is 0 Å². The van der Waals surface area contributed by atoms with Crippen LogP contribution in [0.15, 0.2) is 47.5 Å². The zero-order valence-corrected chi connectivity index (χ0v) is 22.9. The molecule has 2 aromatic rings. The van der Waals surface area contributed by atoms with E-state index in [2.05, 4.69) is 86.8 Å². The van der Waals surface area contributed by atoms with Gasteiger partial charge < -0.3 is 4.74 Å². The summed E-state index contributed by atoms with van der Waals surface area (Å²) < 4.78 is 7.00. The maximum absolute atomic E-state index is 6.50. The second kappa shape index (κ2) is 13.1. The molecule has 4 heteroatoms. The van der Waals surface area contributed by atoms with Gasteiger partial charge in [-0.15, -0.1) is 23.5 Å². The Bertz CT molecular complexity index is 925. The van der Waals surface area contributed by atoms with Crippen LogP contribution in [-0.4, -0.2) is 21.0 Å². The van der Waals surface area contributed by atoms with Crippen LogP contribution in [0.4, 0.5) is 5.69 Å². The van der Waals surface area contributed by atoms with E-state index in [0.29, 0.717) is 4.58 Å². The van der Waals surface area contributed by atoms with Crippen LogP contribution in [0.2, 0.25) is 0 Å². The number of aliphatic imine (C=N–C) groups is 1. The molecule has 2 aliphatic rings. The molecule has 0 bridgehead atoms. The van der Waals surface area contributed by atoms with Crippen molar-refractivity contribution in [3.8, 4) is 5.75 Å². The number of ether oxygens (including phenoxy) is 1. The molecule has 2 fully saturated rings. The molecule has 2 aromatic carbocycles. The van der Waals surface area contributed by atoms with Gasteiger partial charge in [0.1, 0.15) is 5.75 Å². The molecule has 34 heavy (non-hydrogen) atoms. The summed E-state index contributed by atoms with van der Waals surface area (Å²) in [5.41, 5.74) is 4.79. The molecule has 2 aliphatic carbocycles. The number of hydrogen-bond donors (Lipinski definition) is 0. The van der Waals surface area contributed by atoms with E-state index in [0.717, 1.165) is 34.3 Å². The van der Waals surface area contributed by atoms with Gasteiger partial charge in [-0.1, -0.05) is 56.7 Å². The summed E-state index contributed by atoms with van der Waals surface area (Å²) in [6, 6.07) is 14.8. The molecular weight excluding hydrogens is 454 g/mol. The largest absolute Gasteiger partial charge is 0.443 e. The molecule has 0 aromatic heterocycles. The Labute approximate surface area is 215 Å². The van der Waals surface area contributed by atoms with Crippen molar-refractivity contribution in [1.29, 1.82) is 0 Å². The summed E-state index contributed by atoms with van der Waals surface area (Å²) in [6.07, 6.45) is 14.7. The topological polar surface area (TPSA) is 21.6 Å². The van der Waals surface area contributed by atoms with E-state index in [4.69, 9.17) is 9.73 Å². The first-order valence-electron chi connectivity index (χ1n) is 13.3. The molecule has 0 spiro atoms. The predicted molar refractivity (Wildman–Crippen MR) is 152 cm³/mol. The van der Waals surface area contributed by atoms with Crippen molar-refractivity contribution in [1.82, 2.24) is 0 Å². The van der Waals surface area contributed by atoms with Crippen molar-refractivity contribution in [3.05, 3.63) is 59.2 Å². The van der Waals surface area contributed by atoms with Crippen molar-refractivity contribution >= 4 is 35.1 Å². The molecule has 0 radical (unpaired) electrons. The first-order valence-corrected chi connectivity index (χ1v) is 15.1. The smallest absolute Gasteiger partial charge is 0.197 e. The Kier molecular flexibility index (Phi) is 9.87. The summed E-state index contributed by atoms with van der Waals surface area (Å²) in [7, 11) is 0. The van der Waals surface area contributed by atoms with Crippen LogP contribution in [-0.2, 0) is 0 Å². The van der Waals surface area contributed by atoms with Gasteiger partial charge in [0, 0.05) is 16.9 Å². The van der Waals surface area contributed by atoms with Crippen LogP contribution < -0.4 is 4.74 Å². The highest BCUT2D eigenvalue weighted by Gasteiger charge is 2.26. The molecule has 0 saturated heterocycles. The van der Waals surface area contributed by atoms with Crippen LogP contribution in [0.1, 0.15) is 87.3 Å². The zero-order chi connectivity index (χ0) is 23.8. The fraction of sp³-hybridized carbons (Fsp3) is 0.567. The number of thioether (sulfide) groups is 2. The summed E-state index contributed by atoms with van der Waals surface area (Å²) in [6.45, 7) is 6.44. The van der Waals surface area contributed by atoms with Gasteiger partial charge in [-0.05, 0) is 87.4 Å². The number of aryl methyl sites for hydroxylation is 3. The van der Waals surface area contributed by atoms with Crippen LogP contribution in [0.3, 0.4) is 0 Å². The maximum Gasteiger partial charge on any atom is 0.197 e. The van der Waals surface area contributed by atoms with Gasteiger partial charge in [0.25, 0.3) is 0 Å². The van der Waals surface area contributed by atoms with Gasteiger partial charge >= 0.3 is 0 Å². The standard InChI is InChI=1S/C30H41NOS2/c1-22-11-10-12-26(19-22)32-29(31-25-18-17-23(2)24(3)20-25)21-30(33-27-13-6-4-7-14-27)34-28-15-8-5-9-16-28/h10-12,17-20,27-28,30H,4-9,13-16,21H2,1-3H3/b31-29-. The highest BCUT2D eigenvalue weighted by atomic mass is 32.2. The monoisotopic (exact) mass is 495 g/mol. The normalized spacial score (nSPS) is 18.4. The van der Waals surface area contributed by atoms with Crippen LogP contribution in [0, 0.1) is 20.8 Å². The molecule has 0 atom stereocenters. The van der Waals surface area contributed by atoms with Crippen molar-refractivity contribution in [2.45, 2.75) is 106 Å². The first kappa shape index (κ1) is 25.7. The van der Waals surface area contributed by atoms with E-state index in [-0.39, 0.29) is 0 Å². The second-order valence-corrected chi connectivity index (χ2v) is 13.4. The lowest BCUT2D eigenvalue weighted by molar-refractivity contribution is 0.511. The lowest BCUT2D eigenvalue weighted by Gasteiger charge is -2.30. The summed E-state index contributed by atoms with van der Waals surface area (Å²) in [4.78, 5) is 5.08.